The van der Waals surface area contributed by atoms with Crippen LogP contribution in [0.5, 0.6) is 0 Å². The molecule has 0 aliphatic rings. The first-order chi connectivity index (χ1) is 10.1. The molecule has 21 heavy (non-hydrogen) atoms. The van der Waals surface area contributed by atoms with E-state index in [1.807, 2.05) is 26.4 Å². The summed E-state index contributed by atoms with van der Waals surface area (Å²) < 4.78 is 0. The van der Waals surface area contributed by atoms with Crippen molar-refractivity contribution in [1.82, 2.24) is 15.2 Å². The Kier molecular flexibility index (Phi) is 7.75. The highest BCUT2D eigenvalue weighted by Gasteiger charge is 2.06. The van der Waals surface area contributed by atoms with E-state index in [9.17, 15) is 4.79 Å². The normalized spacial score (nSPS) is 10.7. The average Bonchev–Trinajstić information content (AvgIpc) is 2.46. The second-order valence-corrected chi connectivity index (χ2v) is 5.35. The van der Waals surface area contributed by atoms with Crippen LogP contribution in [0.1, 0.15) is 25.8 Å². The van der Waals surface area contributed by atoms with Crippen LogP contribution in [0.2, 0.25) is 0 Å². The maximum Gasteiger partial charge on any atom is 0.220 e. The Bertz CT molecular complexity index is 430. The van der Waals surface area contributed by atoms with Gasteiger partial charge in [0.15, 0.2) is 0 Å². The Morgan fingerprint density at radius 2 is 2.00 bits per heavy atom. The molecule has 1 heterocycles. The van der Waals surface area contributed by atoms with Gasteiger partial charge in [-0.25, -0.2) is 4.98 Å². The summed E-state index contributed by atoms with van der Waals surface area (Å²) in [6, 6.07) is 4.07. The van der Waals surface area contributed by atoms with Crippen molar-refractivity contribution in [1.29, 1.82) is 0 Å². The minimum Gasteiger partial charge on any atom is -0.357 e. The number of hydrogen-bond donors (Lipinski definition) is 1. The number of nitrogens with one attached hydrogen (secondary N) is 1. The Labute approximate surface area is 128 Å². The van der Waals surface area contributed by atoms with Gasteiger partial charge in [-0.05, 0) is 52.1 Å². The Hall–Kier alpha value is -1.62. The molecule has 0 aliphatic heterocycles. The molecule has 0 unspecified atom stereocenters. The van der Waals surface area contributed by atoms with Crippen molar-refractivity contribution in [2.24, 2.45) is 0 Å². The summed E-state index contributed by atoms with van der Waals surface area (Å²) in [5.41, 5.74) is 1.16. The van der Waals surface area contributed by atoms with Gasteiger partial charge in [0, 0.05) is 38.8 Å². The minimum atomic E-state index is 0.109. The Morgan fingerprint density at radius 1 is 1.29 bits per heavy atom. The number of anilines is 1. The first kappa shape index (κ1) is 17.4. The van der Waals surface area contributed by atoms with Crippen molar-refractivity contribution in [3.05, 3.63) is 23.9 Å². The fourth-order valence-electron chi connectivity index (χ4n) is 2.10. The molecule has 0 saturated heterocycles. The molecule has 0 atom stereocenters. The lowest BCUT2D eigenvalue weighted by atomic mass is 10.1. The molecule has 0 aromatic carbocycles. The third kappa shape index (κ3) is 6.58. The number of pyridine rings is 1. The van der Waals surface area contributed by atoms with E-state index in [-0.39, 0.29) is 5.91 Å². The number of aromatic nitrogens is 1. The van der Waals surface area contributed by atoms with E-state index >= 15 is 0 Å². The summed E-state index contributed by atoms with van der Waals surface area (Å²) in [6.07, 6.45) is 3.10. The van der Waals surface area contributed by atoms with Crippen molar-refractivity contribution >= 4 is 11.7 Å². The summed E-state index contributed by atoms with van der Waals surface area (Å²) in [7, 11) is 4.00. The van der Waals surface area contributed by atoms with Gasteiger partial charge >= 0.3 is 0 Å². The molecule has 0 aliphatic carbocycles. The van der Waals surface area contributed by atoms with Crippen molar-refractivity contribution in [2.45, 2.75) is 26.7 Å². The average molecular weight is 292 g/mol. The molecule has 118 valence electrons. The van der Waals surface area contributed by atoms with Gasteiger partial charge in [-0.2, -0.15) is 0 Å². The lowest BCUT2D eigenvalue weighted by Crippen LogP contribution is -2.31. The zero-order valence-corrected chi connectivity index (χ0v) is 13.7. The summed E-state index contributed by atoms with van der Waals surface area (Å²) in [4.78, 5) is 20.4. The molecule has 0 fully saturated rings. The fraction of sp³-hybridized carbons (Fsp3) is 0.625. The summed E-state index contributed by atoms with van der Waals surface area (Å²) in [5.74, 6) is 1.10. The summed E-state index contributed by atoms with van der Waals surface area (Å²) in [5, 5.41) is 2.94. The van der Waals surface area contributed by atoms with E-state index in [0.29, 0.717) is 13.0 Å². The maximum absolute atomic E-state index is 11.8. The van der Waals surface area contributed by atoms with Crippen LogP contribution in [-0.4, -0.2) is 56.1 Å². The van der Waals surface area contributed by atoms with Crippen LogP contribution >= 0.6 is 0 Å². The molecule has 0 spiro atoms. The Balaban J connectivity index is 2.44. The molecular weight excluding hydrogens is 264 g/mol. The van der Waals surface area contributed by atoms with Gasteiger partial charge in [0.05, 0.1) is 0 Å². The third-order valence-corrected chi connectivity index (χ3v) is 3.42. The molecule has 1 aromatic heterocycles. The molecule has 0 bridgehead atoms. The van der Waals surface area contributed by atoms with Gasteiger partial charge in [0.25, 0.3) is 0 Å². The van der Waals surface area contributed by atoms with Gasteiger partial charge < -0.3 is 15.1 Å². The zero-order valence-electron chi connectivity index (χ0n) is 13.7. The van der Waals surface area contributed by atoms with Crippen molar-refractivity contribution < 1.29 is 4.79 Å². The van der Waals surface area contributed by atoms with E-state index in [2.05, 4.69) is 40.0 Å². The quantitative estimate of drug-likeness (QED) is 0.750. The van der Waals surface area contributed by atoms with Crippen LogP contribution in [0, 0.1) is 0 Å². The highest BCUT2D eigenvalue weighted by molar-refractivity contribution is 5.76. The highest BCUT2D eigenvalue weighted by atomic mass is 16.1. The lowest BCUT2D eigenvalue weighted by Gasteiger charge is -2.20. The Morgan fingerprint density at radius 3 is 2.62 bits per heavy atom. The number of hydrogen-bond acceptors (Lipinski definition) is 4. The molecule has 1 rings (SSSR count). The van der Waals surface area contributed by atoms with Crippen LogP contribution in [0.25, 0.3) is 0 Å². The van der Waals surface area contributed by atoms with Gasteiger partial charge in [-0.3, -0.25) is 4.79 Å². The number of rotatable bonds is 9. The first-order valence-electron chi connectivity index (χ1n) is 7.68. The number of likely N-dealkylation sites (N-methyl/N-ethyl adjacent to an activating group) is 1. The van der Waals surface area contributed by atoms with Gasteiger partial charge in [0.1, 0.15) is 5.82 Å². The van der Waals surface area contributed by atoms with Gasteiger partial charge in [-0.1, -0.05) is 0 Å². The van der Waals surface area contributed by atoms with Crippen LogP contribution in [0.3, 0.4) is 0 Å². The molecule has 0 saturated carbocycles. The van der Waals surface area contributed by atoms with E-state index in [1.165, 1.54) is 0 Å². The second-order valence-electron chi connectivity index (χ2n) is 5.35. The number of nitrogens with zero attached hydrogens (tertiary/aromatic N) is 3. The van der Waals surface area contributed by atoms with Gasteiger partial charge in [-0.15, -0.1) is 0 Å². The van der Waals surface area contributed by atoms with Crippen LogP contribution in [-0.2, 0) is 11.2 Å². The molecule has 5 heteroatoms. The van der Waals surface area contributed by atoms with Crippen LogP contribution in [0.4, 0.5) is 5.82 Å². The van der Waals surface area contributed by atoms with Crippen LogP contribution < -0.4 is 10.2 Å². The van der Waals surface area contributed by atoms with E-state index in [0.717, 1.165) is 37.4 Å². The second kappa shape index (κ2) is 9.34. The van der Waals surface area contributed by atoms with E-state index < -0.39 is 0 Å². The smallest absolute Gasteiger partial charge is 0.220 e. The number of carbonyl (C=O) groups is 1. The highest BCUT2D eigenvalue weighted by Crippen LogP contribution is 2.13. The number of amides is 1. The zero-order chi connectivity index (χ0) is 15.7. The van der Waals surface area contributed by atoms with E-state index in [1.54, 1.807) is 0 Å². The monoisotopic (exact) mass is 292 g/mol. The SMILES string of the molecule is CCN(CC)c1cc(CCC(=O)NCCN(C)C)ccn1. The largest absolute Gasteiger partial charge is 0.357 e. The van der Waals surface area contributed by atoms with Gasteiger partial charge in [0.2, 0.25) is 5.91 Å². The number of aryl methyl sites for hydroxylation is 1. The molecule has 1 amide bonds. The predicted molar refractivity (Wildman–Crippen MR) is 87.7 cm³/mol. The minimum absolute atomic E-state index is 0.109. The molecule has 1 N–H and O–H groups in total. The van der Waals surface area contributed by atoms with Crippen molar-refractivity contribution in [3.63, 3.8) is 0 Å². The topological polar surface area (TPSA) is 48.5 Å². The molecular formula is C16H28N4O. The van der Waals surface area contributed by atoms with Crippen molar-refractivity contribution in [3.8, 4) is 0 Å². The third-order valence-electron chi connectivity index (χ3n) is 3.42. The molecule has 0 radical (unpaired) electrons. The molecule has 1 aromatic rings. The fourth-order valence-corrected chi connectivity index (χ4v) is 2.10. The summed E-state index contributed by atoms with van der Waals surface area (Å²) in [6.45, 7) is 7.70. The first-order valence-corrected chi connectivity index (χ1v) is 7.68. The number of carbonyl (C=O) groups excluding carboxylic acids is 1. The van der Waals surface area contributed by atoms with Crippen LogP contribution in [0.15, 0.2) is 18.3 Å². The van der Waals surface area contributed by atoms with E-state index in [4.69, 9.17) is 0 Å². The van der Waals surface area contributed by atoms with Crippen molar-refractivity contribution in [2.75, 3.05) is 45.2 Å². The standard InChI is InChI=1S/C16H28N4O/c1-5-20(6-2)15-13-14(9-10-17-15)7-8-16(21)18-11-12-19(3)4/h9-10,13H,5-8,11-12H2,1-4H3,(H,18,21). The lowest BCUT2D eigenvalue weighted by molar-refractivity contribution is -0.121. The summed E-state index contributed by atoms with van der Waals surface area (Å²) >= 11 is 0. The molecule has 5 nitrogen and oxygen atoms in total. The predicted octanol–water partition coefficient (Wildman–Crippen LogP) is 1.54. The maximum atomic E-state index is 11.8.